The monoisotopic (exact) mass is 411 g/mol. The highest BCUT2D eigenvalue weighted by molar-refractivity contribution is 5.87. The summed E-state index contributed by atoms with van der Waals surface area (Å²) in [4.78, 5) is 8.75. The lowest BCUT2D eigenvalue weighted by Crippen LogP contribution is -1.98. The molecule has 0 radical (unpaired) electrons. The normalized spacial score (nSPS) is 10.7. The third-order valence-corrected chi connectivity index (χ3v) is 5.16. The molecule has 1 aromatic heterocycles. The molecule has 0 aliphatic heterocycles. The summed E-state index contributed by atoms with van der Waals surface area (Å²) in [6.07, 6.45) is 5.56. The standard InChI is InChI=1S/C26H22FN3O/c1-2-13-31-23-16-29-26(30-17-23)22-11-12-24-21(14-22)10-9-20(25(24)27)8-7-18-3-5-19(15-28)6-4-18/h3-6,9-12,14,16-17H,2,7-8,13H2,1H3. The summed E-state index contributed by atoms with van der Waals surface area (Å²) in [6, 6.07) is 18.8. The first-order valence-electron chi connectivity index (χ1n) is 10.3. The number of nitrogens with zero attached hydrogens (tertiary/aromatic N) is 3. The summed E-state index contributed by atoms with van der Waals surface area (Å²) in [5.74, 6) is 1.03. The Morgan fingerprint density at radius 3 is 2.45 bits per heavy atom. The van der Waals surface area contributed by atoms with E-state index < -0.39 is 0 Å². The number of benzene rings is 3. The van der Waals surface area contributed by atoms with Crippen LogP contribution in [0.2, 0.25) is 0 Å². The van der Waals surface area contributed by atoms with E-state index in [1.54, 1.807) is 30.6 Å². The largest absolute Gasteiger partial charge is 0.490 e. The zero-order valence-corrected chi connectivity index (χ0v) is 17.3. The molecule has 0 fully saturated rings. The Balaban J connectivity index is 1.52. The fourth-order valence-electron chi connectivity index (χ4n) is 3.45. The molecule has 0 bridgehead atoms. The predicted molar refractivity (Wildman–Crippen MR) is 119 cm³/mol. The van der Waals surface area contributed by atoms with Gasteiger partial charge in [0.05, 0.1) is 30.6 Å². The van der Waals surface area contributed by atoms with E-state index in [9.17, 15) is 0 Å². The van der Waals surface area contributed by atoms with Crippen LogP contribution >= 0.6 is 0 Å². The van der Waals surface area contributed by atoms with Crippen molar-refractivity contribution in [2.75, 3.05) is 6.61 Å². The fourth-order valence-corrected chi connectivity index (χ4v) is 3.45. The molecule has 0 saturated heterocycles. The van der Waals surface area contributed by atoms with Gasteiger partial charge in [-0.25, -0.2) is 14.4 Å². The predicted octanol–water partition coefficient (Wildman–Crippen LogP) is 5.88. The maximum Gasteiger partial charge on any atom is 0.159 e. The Morgan fingerprint density at radius 1 is 0.968 bits per heavy atom. The first-order chi connectivity index (χ1) is 15.2. The molecular formula is C26H22FN3O. The van der Waals surface area contributed by atoms with E-state index in [-0.39, 0.29) is 5.82 Å². The topological polar surface area (TPSA) is 58.8 Å². The van der Waals surface area contributed by atoms with E-state index in [0.29, 0.717) is 47.5 Å². The van der Waals surface area contributed by atoms with Gasteiger partial charge in [0, 0.05) is 10.9 Å². The summed E-state index contributed by atoms with van der Waals surface area (Å²) in [5, 5.41) is 10.3. The van der Waals surface area contributed by atoms with Gasteiger partial charge in [0.1, 0.15) is 5.82 Å². The molecule has 4 nitrogen and oxygen atoms in total. The van der Waals surface area contributed by atoms with E-state index in [2.05, 4.69) is 16.0 Å². The summed E-state index contributed by atoms with van der Waals surface area (Å²) >= 11 is 0. The van der Waals surface area contributed by atoms with Gasteiger partial charge in [0.25, 0.3) is 0 Å². The van der Waals surface area contributed by atoms with Crippen molar-refractivity contribution in [1.29, 1.82) is 5.26 Å². The van der Waals surface area contributed by atoms with Crippen LogP contribution in [0.5, 0.6) is 5.75 Å². The van der Waals surface area contributed by atoms with Crippen LogP contribution in [-0.2, 0) is 12.8 Å². The fraction of sp³-hybridized carbons (Fsp3) is 0.192. The number of rotatable bonds is 7. The Hall–Kier alpha value is -3.78. The minimum absolute atomic E-state index is 0.193. The van der Waals surface area contributed by atoms with Crippen LogP contribution in [0.4, 0.5) is 4.39 Å². The van der Waals surface area contributed by atoms with E-state index in [1.807, 2.05) is 43.3 Å². The van der Waals surface area contributed by atoms with E-state index in [4.69, 9.17) is 10.00 Å². The van der Waals surface area contributed by atoms with Crippen LogP contribution in [0.3, 0.4) is 0 Å². The number of fused-ring (bicyclic) bond motifs is 1. The van der Waals surface area contributed by atoms with Crippen LogP contribution < -0.4 is 4.74 Å². The highest BCUT2D eigenvalue weighted by Gasteiger charge is 2.10. The van der Waals surface area contributed by atoms with Crippen LogP contribution in [0.25, 0.3) is 22.2 Å². The van der Waals surface area contributed by atoms with Crippen molar-refractivity contribution in [3.8, 4) is 23.2 Å². The second kappa shape index (κ2) is 9.36. The SMILES string of the molecule is CCCOc1cnc(-c2ccc3c(F)c(CCc4ccc(C#N)cc4)ccc3c2)nc1. The first kappa shape index (κ1) is 20.5. The van der Waals surface area contributed by atoms with Gasteiger partial charge in [-0.05, 0) is 54.0 Å². The molecule has 0 aliphatic carbocycles. The van der Waals surface area contributed by atoms with Crippen LogP contribution in [0, 0.1) is 17.1 Å². The summed E-state index contributed by atoms with van der Waals surface area (Å²) in [5.41, 5.74) is 3.22. The third kappa shape index (κ3) is 4.70. The van der Waals surface area contributed by atoms with Crippen molar-refractivity contribution in [2.24, 2.45) is 0 Å². The lowest BCUT2D eigenvalue weighted by molar-refractivity contribution is 0.315. The molecule has 1 heterocycles. The van der Waals surface area contributed by atoms with E-state index in [1.165, 1.54) is 0 Å². The van der Waals surface area contributed by atoms with Crippen molar-refractivity contribution in [1.82, 2.24) is 9.97 Å². The molecule has 0 aliphatic rings. The molecule has 0 amide bonds. The summed E-state index contributed by atoms with van der Waals surface area (Å²) in [7, 11) is 0. The number of hydrogen-bond acceptors (Lipinski definition) is 4. The minimum Gasteiger partial charge on any atom is -0.490 e. The zero-order valence-electron chi connectivity index (χ0n) is 17.3. The number of ether oxygens (including phenoxy) is 1. The minimum atomic E-state index is -0.193. The molecule has 3 aromatic carbocycles. The third-order valence-electron chi connectivity index (χ3n) is 5.16. The second-order valence-corrected chi connectivity index (χ2v) is 7.37. The molecule has 0 unspecified atom stereocenters. The molecule has 31 heavy (non-hydrogen) atoms. The van der Waals surface area contributed by atoms with Gasteiger partial charge < -0.3 is 4.74 Å². The maximum atomic E-state index is 15.1. The number of aromatic nitrogens is 2. The van der Waals surface area contributed by atoms with Crippen molar-refractivity contribution < 1.29 is 9.13 Å². The van der Waals surface area contributed by atoms with Crippen LogP contribution in [0.1, 0.15) is 30.0 Å². The van der Waals surface area contributed by atoms with Gasteiger partial charge in [-0.2, -0.15) is 5.26 Å². The highest BCUT2D eigenvalue weighted by atomic mass is 19.1. The van der Waals surface area contributed by atoms with Gasteiger partial charge in [-0.15, -0.1) is 0 Å². The Bertz CT molecular complexity index is 1230. The lowest BCUT2D eigenvalue weighted by Gasteiger charge is -2.09. The Morgan fingerprint density at radius 2 is 1.74 bits per heavy atom. The van der Waals surface area contributed by atoms with E-state index >= 15 is 4.39 Å². The molecule has 0 N–H and O–H groups in total. The zero-order chi connectivity index (χ0) is 21.6. The van der Waals surface area contributed by atoms with Gasteiger partial charge >= 0.3 is 0 Å². The molecule has 4 rings (SSSR count). The van der Waals surface area contributed by atoms with Crippen molar-refractivity contribution in [3.63, 3.8) is 0 Å². The average molecular weight is 411 g/mol. The molecule has 0 saturated carbocycles. The molecule has 5 heteroatoms. The number of hydrogen-bond donors (Lipinski definition) is 0. The van der Waals surface area contributed by atoms with Crippen LogP contribution in [-0.4, -0.2) is 16.6 Å². The van der Waals surface area contributed by atoms with Crippen LogP contribution in [0.15, 0.2) is 67.0 Å². The molecule has 0 atom stereocenters. The molecule has 4 aromatic rings. The van der Waals surface area contributed by atoms with Gasteiger partial charge in [0.15, 0.2) is 11.6 Å². The first-order valence-corrected chi connectivity index (χ1v) is 10.3. The quantitative estimate of drug-likeness (QED) is 0.381. The van der Waals surface area contributed by atoms with Gasteiger partial charge in [-0.3, -0.25) is 0 Å². The van der Waals surface area contributed by atoms with Crippen molar-refractivity contribution >= 4 is 10.8 Å². The smallest absolute Gasteiger partial charge is 0.159 e. The summed E-state index contributed by atoms with van der Waals surface area (Å²) in [6.45, 7) is 2.67. The van der Waals surface area contributed by atoms with Crippen molar-refractivity contribution in [2.45, 2.75) is 26.2 Å². The Labute approximate surface area is 181 Å². The maximum absolute atomic E-state index is 15.1. The lowest BCUT2D eigenvalue weighted by atomic mass is 9.98. The second-order valence-electron chi connectivity index (χ2n) is 7.37. The number of halogens is 1. The van der Waals surface area contributed by atoms with Gasteiger partial charge in [-0.1, -0.05) is 43.3 Å². The number of aryl methyl sites for hydroxylation is 2. The highest BCUT2D eigenvalue weighted by Crippen LogP contribution is 2.27. The molecular weight excluding hydrogens is 389 g/mol. The number of nitriles is 1. The van der Waals surface area contributed by atoms with Gasteiger partial charge in [0.2, 0.25) is 0 Å². The molecule has 0 spiro atoms. The van der Waals surface area contributed by atoms with E-state index in [0.717, 1.165) is 22.9 Å². The van der Waals surface area contributed by atoms with Crippen molar-refractivity contribution in [3.05, 3.63) is 89.5 Å². The Kier molecular flexibility index (Phi) is 6.18. The summed E-state index contributed by atoms with van der Waals surface area (Å²) < 4.78 is 20.6. The molecule has 154 valence electrons. The average Bonchev–Trinajstić information content (AvgIpc) is 2.83.